The summed E-state index contributed by atoms with van der Waals surface area (Å²) in [4.78, 5) is 0. The molecule has 0 saturated carbocycles. The molecule has 1 aromatic rings. The predicted molar refractivity (Wildman–Crippen MR) is 61.1 cm³/mol. The lowest BCUT2D eigenvalue weighted by atomic mass is 10.2. The second-order valence-electron chi connectivity index (χ2n) is 2.09. The maximum atomic E-state index is 9.13. The van der Waals surface area contributed by atoms with Crippen molar-refractivity contribution in [2.24, 2.45) is 5.73 Å². The number of benzene rings is 1. The molecule has 1 aromatic carbocycles. The average molecular weight is 300 g/mol. The van der Waals surface area contributed by atoms with Crippen molar-refractivity contribution in [2.45, 2.75) is 6.54 Å². The van der Waals surface area contributed by atoms with Crippen molar-refractivity contribution in [3.05, 3.63) is 23.8 Å². The minimum Gasteiger partial charge on any atom is -0.508 e. The molecule has 0 spiro atoms. The van der Waals surface area contributed by atoms with Gasteiger partial charge in [0.2, 0.25) is 0 Å². The first kappa shape index (κ1) is 14.3. The Bertz CT molecular complexity index is 243. The van der Waals surface area contributed by atoms with Gasteiger partial charge in [0.15, 0.2) is 0 Å². The minimum absolute atomic E-state index is 0. The van der Waals surface area contributed by atoms with Gasteiger partial charge in [-0.1, -0.05) is 6.07 Å². The van der Waals surface area contributed by atoms with Crippen LogP contribution in [0.4, 0.5) is 5.69 Å². The van der Waals surface area contributed by atoms with E-state index in [1.165, 1.54) is 6.07 Å². The van der Waals surface area contributed by atoms with Gasteiger partial charge in [-0.2, -0.15) is 0 Å². The third-order valence-electron chi connectivity index (χ3n) is 1.33. The first-order valence-electron chi connectivity index (χ1n) is 3.01. The van der Waals surface area contributed by atoms with E-state index in [4.69, 9.17) is 16.6 Å². The Hall–Kier alpha value is -0.260. The smallest absolute Gasteiger partial charge is 0.122 e. The Kier molecular flexibility index (Phi) is 7.47. The van der Waals surface area contributed by atoms with E-state index in [2.05, 4.69) is 0 Å². The Morgan fingerprint density at radius 1 is 1.25 bits per heavy atom. The van der Waals surface area contributed by atoms with Crippen molar-refractivity contribution in [2.75, 3.05) is 5.73 Å². The Labute approximate surface area is 92.3 Å². The van der Waals surface area contributed by atoms with Gasteiger partial charge in [-0.15, -0.1) is 34.0 Å². The van der Waals surface area contributed by atoms with E-state index < -0.39 is 0 Å². The van der Waals surface area contributed by atoms with E-state index in [1.54, 1.807) is 12.1 Å². The highest BCUT2D eigenvalue weighted by molar-refractivity contribution is 8.93. The first-order chi connectivity index (χ1) is 4.74. The van der Waals surface area contributed by atoms with Crippen molar-refractivity contribution in [1.82, 2.24) is 0 Å². The van der Waals surface area contributed by atoms with Crippen molar-refractivity contribution in [3.8, 4) is 5.75 Å². The number of phenolic OH excluding ortho intramolecular Hbond substituents is 1. The topological polar surface area (TPSA) is 72.3 Å². The molecule has 0 aliphatic heterocycles. The molecule has 12 heavy (non-hydrogen) atoms. The number of nitrogen functional groups attached to an aromatic ring is 1. The third-order valence-corrected chi connectivity index (χ3v) is 1.33. The number of halogens is 2. The van der Waals surface area contributed by atoms with E-state index in [0.29, 0.717) is 17.8 Å². The Balaban J connectivity index is 0. The maximum Gasteiger partial charge on any atom is 0.122 e. The SMILES string of the molecule is Br.Br.NCc1ccc(N)cc1O. The van der Waals surface area contributed by atoms with E-state index in [-0.39, 0.29) is 39.7 Å². The van der Waals surface area contributed by atoms with Crippen LogP contribution in [0.25, 0.3) is 0 Å². The van der Waals surface area contributed by atoms with Crippen LogP contribution < -0.4 is 11.5 Å². The summed E-state index contributed by atoms with van der Waals surface area (Å²) in [6.07, 6.45) is 0. The molecular formula is C7H12Br2N2O. The van der Waals surface area contributed by atoms with Crippen molar-refractivity contribution < 1.29 is 5.11 Å². The monoisotopic (exact) mass is 298 g/mol. The van der Waals surface area contributed by atoms with Crippen LogP contribution in [0.1, 0.15) is 5.56 Å². The summed E-state index contributed by atoms with van der Waals surface area (Å²) in [7, 11) is 0. The maximum absolute atomic E-state index is 9.13. The predicted octanol–water partition coefficient (Wildman–Crippen LogP) is 1.59. The summed E-state index contributed by atoms with van der Waals surface area (Å²) in [6.45, 7) is 0.339. The fraction of sp³-hybridized carbons (Fsp3) is 0.143. The van der Waals surface area contributed by atoms with Crippen LogP contribution in [-0.4, -0.2) is 5.11 Å². The number of anilines is 1. The molecule has 0 atom stereocenters. The van der Waals surface area contributed by atoms with Gasteiger partial charge in [-0.3, -0.25) is 0 Å². The van der Waals surface area contributed by atoms with Crippen molar-refractivity contribution >= 4 is 39.7 Å². The summed E-state index contributed by atoms with van der Waals surface area (Å²) in [5.74, 6) is 0.169. The fourth-order valence-corrected chi connectivity index (χ4v) is 0.753. The number of rotatable bonds is 1. The number of hydrogen-bond acceptors (Lipinski definition) is 3. The lowest BCUT2D eigenvalue weighted by Crippen LogP contribution is -1.96. The van der Waals surface area contributed by atoms with Gasteiger partial charge in [-0.25, -0.2) is 0 Å². The molecule has 0 saturated heterocycles. The van der Waals surface area contributed by atoms with Gasteiger partial charge in [0.05, 0.1) is 0 Å². The Morgan fingerprint density at radius 3 is 2.25 bits per heavy atom. The van der Waals surface area contributed by atoms with Crippen molar-refractivity contribution in [1.29, 1.82) is 0 Å². The summed E-state index contributed by atoms with van der Waals surface area (Å²) in [5.41, 5.74) is 11.9. The molecule has 0 fully saturated rings. The zero-order chi connectivity index (χ0) is 7.56. The second kappa shape index (κ2) is 6.28. The zero-order valence-corrected chi connectivity index (χ0v) is 9.78. The Morgan fingerprint density at radius 2 is 1.83 bits per heavy atom. The van der Waals surface area contributed by atoms with Crippen LogP contribution >= 0.6 is 34.0 Å². The number of nitrogens with two attached hydrogens (primary N) is 2. The highest BCUT2D eigenvalue weighted by atomic mass is 79.9. The lowest BCUT2D eigenvalue weighted by Gasteiger charge is -2.00. The average Bonchev–Trinajstić information content (AvgIpc) is 1.88. The molecule has 0 aliphatic carbocycles. The number of aromatic hydroxyl groups is 1. The summed E-state index contributed by atoms with van der Waals surface area (Å²) >= 11 is 0. The van der Waals surface area contributed by atoms with E-state index >= 15 is 0 Å². The molecule has 0 radical (unpaired) electrons. The third kappa shape index (κ3) is 3.42. The normalized spacial score (nSPS) is 8.08. The van der Waals surface area contributed by atoms with Crippen molar-refractivity contribution in [3.63, 3.8) is 0 Å². The van der Waals surface area contributed by atoms with Crippen LogP contribution in [0.2, 0.25) is 0 Å². The molecule has 3 nitrogen and oxygen atoms in total. The van der Waals surface area contributed by atoms with E-state index in [9.17, 15) is 0 Å². The van der Waals surface area contributed by atoms with Crippen LogP contribution in [0, 0.1) is 0 Å². The summed E-state index contributed by atoms with van der Waals surface area (Å²) in [5, 5.41) is 9.13. The highest BCUT2D eigenvalue weighted by Gasteiger charge is 1.96. The lowest BCUT2D eigenvalue weighted by molar-refractivity contribution is 0.469. The molecule has 5 heteroatoms. The van der Waals surface area contributed by atoms with Gasteiger partial charge in [0.1, 0.15) is 5.75 Å². The molecule has 0 bridgehead atoms. The van der Waals surface area contributed by atoms with E-state index in [1.807, 2.05) is 0 Å². The second-order valence-corrected chi connectivity index (χ2v) is 2.09. The van der Waals surface area contributed by atoms with Gasteiger partial charge in [-0.05, 0) is 6.07 Å². The standard InChI is InChI=1S/C7H10N2O.2BrH/c8-4-5-1-2-6(9)3-7(5)10;;/h1-3,10H,4,8-9H2;2*1H. The van der Waals surface area contributed by atoms with Gasteiger partial charge >= 0.3 is 0 Å². The summed E-state index contributed by atoms with van der Waals surface area (Å²) in [6, 6.07) is 4.91. The molecule has 0 aliphatic rings. The van der Waals surface area contributed by atoms with Gasteiger partial charge < -0.3 is 16.6 Å². The first-order valence-corrected chi connectivity index (χ1v) is 3.01. The molecular weight excluding hydrogens is 288 g/mol. The zero-order valence-electron chi connectivity index (χ0n) is 6.36. The highest BCUT2D eigenvalue weighted by Crippen LogP contribution is 2.18. The molecule has 0 heterocycles. The molecule has 0 aromatic heterocycles. The minimum atomic E-state index is 0. The molecule has 1 rings (SSSR count). The largest absolute Gasteiger partial charge is 0.508 e. The molecule has 5 N–H and O–H groups in total. The molecule has 0 amide bonds. The fourth-order valence-electron chi connectivity index (χ4n) is 0.753. The van der Waals surface area contributed by atoms with Crippen LogP contribution in [0.3, 0.4) is 0 Å². The van der Waals surface area contributed by atoms with Crippen LogP contribution in [0.15, 0.2) is 18.2 Å². The van der Waals surface area contributed by atoms with Crippen LogP contribution in [-0.2, 0) is 6.54 Å². The molecule has 0 unspecified atom stereocenters. The van der Waals surface area contributed by atoms with Gasteiger partial charge in [0.25, 0.3) is 0 Å². The summed E-state index contributed by atoms with van der Waals surface area (Å²) < 4.78 is 0. The number of hydrogen-bond donors (Lipinski definition) is 3. The quantitative estimate of drug-likeness (QED) is 0.690. The van der Waals surface area contributed by atoms with Gasteiger partial charge in [0, 0.05) is 23.9 Å². The molecule has 70 valence electrons. The number of phenols is 1. The van der Waals surface area contributed by atoms with E-state index in [0.717, 1.165) is 0 Å². The van der Waals surface area contributed by atoms with Crippen LogP contribution in [0.5, 0.6) is 5.75 Å².